The zero-order chi connectivity index (χ0) is 7.56. The number of nitrogens with two attached hydrogens (primary N) is 1. The number of aldehydes is 1. The van der Waals surface area contributed by atoms with Gasteiger partial charge in [0.1, 0.15) is 0 Å². The molecule has 0 aliphatic heterocycles. The molecule has 0 aliphatic rings. The van der Waals surface area contributed by atoms with E-state index in [-0.39, 0.29) is 17.0 Å². The van der Waals surface area contributed by atoms with Crippen molar-refractivity contribution in [1.29, 1.82) is 0 Å². The number of rotatable bonds is 1. The lowest BCUT2D eigenvalue weighted by molar-refractivity contribution is 0.112. The Morgan fingerprint density at radius 3 is 2.55 bits per heavy atom. The highest BCUT2D eigenvalue weighted by Gasteiger charge is 1.96. The largest absolute Gasteiger partial charge is 0.398 e. The standard InChI is InChI=1S/C7H6ClNO.BrH/c8-6-1-2-7(9)5(3-6)4-10;/h1-4H,9H2;1H. The van der Waals surface area contributed by atoms with Crippen LogP contribution in [0, 0.1) is 0 Å². The smallest absolute Gasteiger partial charge is 0.152 e. The first-order valence-corrected chi connectivity index (χ1v) is 3.12. The average molecular weight is 236 g/mol. The van der Waals surface area contributed by atoms with Gasteiger partial charge in [0.25, 0.3) is 0 Å². The molecule has 60 valence electrons. The van der Waals surface area contributed by atoms with Gasteiger partial charge < -0.3 is 5.73 Å². The van der Waals surface area contributed by atoms with E-state index in [0.717, 1.165) is 0 Å². The molecule has 2 nitrogen and oxygen atoms in total. The van der Waals surface area contributed by atoms with Crippen molar-refractivity contribution in [2.45, 2.75) is 0 Å². The van der Waals surface area contributed by atoms with Gasteiger partial charge in [0.2, 0.25) is 0 Å². The van der Waals surface area contributed by atoms with E-state index in [9.17, 15) is 4.79 Å². The molecule has 4 heteroatoms. The Hall–Kier alpha value is -0.540. The van der Waals surface area contributed by atoms with Crippen LogP contribution in [0.5, 0.6) is 0 Å². The van der Waals surface area contributed by atoms with Gasteiger partial charge >= 0.3 is 0 Å². The molecule has 1 rings (SSSR count). The van der Waals surface area contributed by atoms with Crippen molar-refractivity contribution >= 4 is 40.6 Å². The first-order valence-electron chi connectivity index (χ1n) is 2.74. The van der Waals surface area contributed by atoms with Gasteiger partial charge in [-0.2, -0.15) is 0 Å². The Labute approximate surface area is 80.1 Å². The fourth-order valence-corrected chi connectivity index (χ4v) is 0.828. The van der Waals surface area contributed by atoms with E-state index in [2.05, 4.69) is 0 Å². The Bertz CT molecular complexity index is 265. The third-order valence-corrected chi connectivity index (χ3v) is 1.41. The minimum Gasteiger partial charge on any atom is -0.398 e. The van der Waals surface area contributed by atoms with Crippen LogP contribution in [0.25, 0.3) is 0 Å². The molecule has 0 saturated carbocycles. The Morgan fingerprint density at radius 1 is 1.45 bits per heavy atom. The van der Waals surface area contributed by atoms with Gasteiger partial charge in [-0.25, -0.2) is 0 Å². The summed E-state index contributed by atoms with van der Waals surface area (Å²) < 4.78 is 0. The van der Waals surface area contributed by atoms with Crippen LogP contribution in [0.15, 0.2) is 18.2 Å². The maximum Gasteiger partial charge on any atom is 0.152 e. The number of nitrogen functional groups attached to an aromatic ring is 1. The zero-order valence-electron chi connectivity index (χ0n) is 5.58. The van der Waals surface area contributed by atoms with Crippen LogP contribution in [0.4, 0.5) is 5.69 Å². The highest BCUT2D eigenvalue weighted by molar-refractivity contribution is 8.93. The SMILES string of the molecule is Br.Nc1ccc(Cl)cc1C=O. The zero-order valence-corrected chi connectivity index (χ0v) is 8.05. The van der Waals surface area contributed by atoms with E-state index in [1.807, 2.05) is 0 Å². The number of carbonyl (C=O) groups excluding carboxylic acids is 1. The van der Waals surface area contributed by atoms with Gasteiger partial charge in [0, 0.05) is 16.3 Å². The molecule has 0 heterocycles. The van der Waals surface area contributed by atoms with Crippen molar-refractivity contribution in [1.82, 2.24) is 0 Å². The van der Waals surface area contributed by atoms with Crippen LogP contribution in [0.3, 0.4) is 0 Å². The summed E-state index contributed by atoms with van der Waals surface area (Å²) in [4.78, 5) is 10.2. The molecule has 0 aliphatic carbocycles. The Morgan fingerprint density at radius 2 is 2.09 bits per heavy atom. The first kappa shape index (κ1) is 10.5. The van der Waals surface area contributed by atoms with Crippen LogP contribution in [-0.4, -0.2) is 6.29 Å². The van der Waals surface area contributed by atoms with E-state index < -0.39 is 0 Å². The van der Waals surface area contributed by atoms with Gasteiger partial charge in [-0.1, -0.05) is 11.6 Å². The van der Waals surface area contributed by atoms with E-state index in [0.29, 0.717) is 22.6 Å². The molecule has 0 atom stereocenters. The Kier molecular flexibility index (Phi) is 4.15. The molecule has 1 aromatic carbocycles. The highest BCUT2D eigenvalue weighted by Crippen LogP contribution is 2.15. The lowest BCUT2D eigenvalue weighted by Gasteiger charge is -1.96. The lowest BCUT2D eigenvalue weighted by atomic mass is 10.2. The van der Waals surface area contributed by atoms with Gasteiger partial charge in [-0.3, -0.25) is 4.79 Å². The number of hydrogen-bond donors (Lipinski definition) is 1. The topological polar surface area (TPSA) is 43.1 Å². The second kappa shape index (κ2) is 4.36. The normalized spacial score (nSPS) is 8.45. The van der Waals surface area contributed by atoms with E-state index in [1.54, 1.807) is 12.1 Å². The summed E-state index contributed by atoms with van der Waals surface area (Å²) in [5.41, 5.74) is 6.31. The summed E-state index contributed by atoms with van der Waals surface area (Å²) in [5, 5.41) is 0.524. The minimum absolute atomic E-state index is 0. The molecule has 0 saturated heterocycles. The molecule has 2 N–H and O–H groups in total. The molecule has 0 spiro atoms. The van der Waals surface area contributed by atoms with Crippen molar-refractivity contribution < 1.29 is 4.79 Å². The van der Waals surface area contributed by atoms with Crippen LogP contribution in [0.1, 0.15) is 10.4 Å². The number of halogens is 2. The number of carbonyl (C=O) groups is 1. The molecule has 0 fully saturated rings. The third-order valence-electron chi connectivity index (χ3n) is 1.18. The summed E-state index contributed by atoms with van der Waals surface area (Å²) in [6, 6.07) is 4.78. The average Bonchev–Trinajstić information content (AvgIpc) is 1.94. The fourth-order valence-electron chi connectivity index (χ4n) is 0.648. The van der Waals surface area contributed by atoms with Gasteiger partial charge in [-0.05, 0) is 18.2 Å². The predicted octanol–water partition coefficient (Wildman–Crippen LogP) is 2.31. The second-order valence-electron chi connectivity index (χ2n) is 1.89. The van der Waals surface area contributed by atoms with Crippen molar-refractivity contribution in [2.24, 2.45) is 0 Å². The quantitative estimate of drug-likeness (QED) is 0.601. The summed E-state index contributed by atoms with van der Waals surface area (Å²) >= 11 is 5.58. The third kappa shape index (κ3) is 2.52. The molecular weight excluding hydrogens is 229 g/mol. The maximum atomic E-state index is 10.2. The molecule has 0 unspecified atom stereocenters. The second-order valence-corrected chi connectivity index (χ2v) is 2.33. The molecule has 0 radical (unpaired) electrons. The Balaban J connectivity index is 0.000001000. The fraction of sp³-hybridized carbons (Fsp3) is 0. The molecule has 0 aromatic heterocycles. The number of benzene rings is 1. The van der Waals surface area contributed by atoms with Crippen molar-refractivity contribution in [2.75, 3.05) is 5.73 Å². The van der Waals surface area contributed by atoms with Crippen LogP contribution >= 0.6 is 28.6 Å². The van der Waals surface area contributed by atoms with Crippen LogP contribution in [0.2, 0.25) is 5.02 Å². The summed E-state index contributed by atoms with van der Waals surface area (Å²) in [5.74, 6) is 0. The number of hydrogen-bond acceptors (Lipinski definition) is 2. The van der Waals surface area contributed by atoms with Crippen molar-refractivity contribution in [3.05, 3.63) is 28.8 Å². The van der Waals surface area contributed by atoms with Gasteiger partial charge in [-0.15, -0.1) is 17.0 Å². The van der Waals surface area contributed by atoms with Crippen molar-refractivity contribution in [3.8, 4) is 0 Å². The monoisotopic (exact) mass is 235 g/mol. The minimum atomic E-state index is 0. The molecule has 11 heavy (non-hydrogen) atoms. The lowest BCUT2D eigenvalue weighted by Crippen LogP contribution is -1.91. The van der Waals surface area contributed by atoms with E-state index in [1.165, 1.54) is 6.07 Å². The molecule has 0 amide bonds. The van der Waals surface area contributed by atoms with Crippen LogP contribution < -0.4 is 5.73 Å². The van der Waals surface area contributed by atoms with Crippen molar-refractivity contribution in [3.63, 3.8) is 0 Å². The molecule has 1 aromatic rings. The predicted molar refractivity (Wildman–Crippen MR) is 51.6 cm³/mol. The summed E-state index contributed by atoms with van der Waals surface area (Å²) in [6.45, 7) is 0. The number of anilines is 1. The molecular formula is C7H7BrClNO. The summed E-state index contributed by atoms with van der Waals surface area (Å²) in [6.07, 6.45) is 0.682. The van der Waals surface area contributed by atoms with Crippen LogP contribution in [-0.2, 0) is 0 Å². The summed E-state index contributed by atoms with van der Waals surface area (Å²) in [7, 11) is 0. The van der Waals surface area contributed by atoms with Gasteiger partial charge in [0.05, 0.1) is 0 Å². The van der Waals surface area contributed by atoms with Gasteiger partial charge in [0.15, 0.2) is 6.29 Å². The maximum absolute atomic E-state index is 10.2. The van der Waals surface area contributed by atoms with E-state index >= 15 is 0 Å². The van der Waals surface area contributed by atoms with E-state index in [4.69, 9.17) is 17.3 Å². The highest BCUT2D eigenvalue weighted by atomic mass is 79.9. The first-order chi connectivity index (χ1) is 4.74. The molecule has 0 bridgehead atoms.